The maximum absolute atomic E-state index is 6.15. The molecule has 1 unspecified atom stereocenters. The van der Waals surface area contributed by atoms with Crippen LogP contribution in [-0.4, -0.2) is 6.54 Å². The molecule has 0 saturated heterocycles. The molecule has 98 valence electrons. The standard InChI is InChI=1S/C16H23NS/c17-8-15(12-1-2-18-9-12)16-13-4-10-3-11(6-13)7-14(16)5-10/h1-2,9-11,13-16H,3-8,17H2. The van der Waals surface area contributed by atoms with Crippen molar-refractivity contribution in [2.75, 3.05) is 6.54 Å². The van der Waals surface area contributed by atoms with Gasteiger partial charge in [0.25, 0.3) is 0 Å². The van der Waals surface area contributed by atoms with E-state index in [-0.39, 0.29) is 0 Å². The van der Waals surface area contributed by atoms with Crippen molar-refractivity contribution in [3.05, 3.63) is 22.4 Å². The van der Waals surface area contributed by atoms with Gasteiger partial charge in [-0.15, -0.1) is 0 Å². The van der Waals surface area contributed by atoms with E-state index in [1.54, 1.807) is 6.42 Å². The molecule has 1 heterocycles. The second-order valence-corrected chi connectivity index (χ2v) is 7.69. The van der Waals surface area contributed by atoms with Gasteiger partial charge in [-0.25, -0.2) is 0 Å². The van der Waals surface area contributed by atoms with Crippen LogP contribution in [0.15, 0.2) is 16.8 Å². The van der Waals surface area contributed by atoms with Gasteiger partial charge in [-0.1, -0.05) is 0 Å². The summed E-state index contributed by atoms with van der Waals surface area (Å²) in [5.74, 6) is 5.68. The Labute approximate surface area is 114 Å². The number of rotatable bonds is 3. The number of hydrogen-bond donors (Lipinski definition) is 1. The monoisotopic (exact) mass is 261 g/mol. The molecule has 2 heteroatoms. The van der Waals surface area contributed by atoms with Crippen LogP contribution in [0.2, 0.25) is 0 Å². The van der Waals surface area contributed by atoms with E-state index in [2.05, 4.69) is 16.8 Å². The van der Waals surface area contributed by atoms with Gasteiger partial charge in [0.1, 0.15) is 0 Å². The second kappa shape index (κ2) is 4.35. The first-order chi connectivity index (χ1) is 8.85. The van der Waals surface area contributed by atoms with Crippen LogP contribution in [0.1, 0.15) is 43.6 Å². The van der Waals surface area contributed by atoms with Crippen molar-refractivity contribution in [2.24, 2.45) is 35.3 Å². The lowest BCUT2D eigenvalue weighted by atomic mass is 9.49. The molecule has 1 aromatic heterocycles. The molecule has 1 aromatic rings. The molecule has 4 aliphatic carbocycles. The number of thiophene rings is 1. The Morgan fingerprint density at radius 3 is 2.28 bits per heavy atom. The number of hydrogen-bond acceptors (Lipinski definition) is 2. The zero-order chi connectivity index (χ0) is 12.1. The lowest BCUT2D eigenvalue weighted by Gasteiger charge is -2.56. The predicted molar refractivity (Wildman–Crippen MR) is 76.6 cm³/mol. The molecule has 2 N–H and O–H groups in total. The van der Waals surface area contributed by atoms with Gasteiger partial charge in [0.15, 0.2) is 0 Å². The molecule has 1 nitrogen and oxygen atoms in total. The van der Waals surface area contributed by atoms with Gasteiger partial charge in [0.2, 0.25) is 0 Å². The molecule has 5 rings (SSSR count). The van der Waals surface area contributed by atoms with E-state index in [1.807, 2.05) is 11.3 Å². The van der Waals surface area contributed by atoms with Crippen molar-refractivity contribution in [2.45, 2.75) is 38.0 Å². The normalized spacial score (nSPS) is 43.3. The van der Waals surface area contributed by atoms with E-state index in [4.69, 9.17) is 5.73 Å². The maximum Gasteiger partial charge on any atom is 0.000298 e. The Morgan fingerprint density at radius 2 is 1.78 bits per heavy atom. The highest BCUT2D eigenvalue weighted by Crippen LogP contribution is 2.59. The third-order valence-corrected chi connectivity index (χ3v) is 6.69. The summed E-state index contributed by atoms with van der Waals surface area (Å²) in [6.45, 7) is 0.851. The van der Waals surface area contributed by atoms with E-state index < -0.39 is 0 Å². The Morgan fingerprint density at radius 1 is 1.11 bits per heavy atom. The Bertz CT molecular complexity index is 383. The molecule has 0 aliphatic heterocycles. The fraction of sp³-hybridized carbons (Fsp3) is 0.750. The summed E-state index contributed by atoms with van der Waals surface area (Å²) in [6, 6.07) is 2.31. The molecule has 4 aliphatic rings. The molecule has 4 bridgehead atoms. The highest BCUT2D eigenvalue weighted by molar-refractivity contribution is 7.07. The van der Waals surface area contributed by atoms with Gasteiger partial charge in [-0.2, -0.15) is 11.3 Å². The van der Waals surface area contributed by atoms with Crippen molar-refractivity contribution in [3.8, 4) is 0 Å². The molecule has 0 aromatic carbocycles. The summed E-state index contributed by atoms with van der Waals surface area (Å²) < 4.78 is 0. The summed E-state index contributed by atoms with van der Waals surface area (Å²) >= 11 is 1.83. The molecule has 4 fully saturated rings. The fourth-order valence-electron chi connectivity index (χ4n) is 5.63. The zero-order valence-electron chi connectivity index (χ0n) is 10.9. The third-order valence-electron chi connectivity index (χ3n) is 5.99. The van der Waals surface area contributed by atoms with Crippen LogP contribution in [0.4, 0.5) is 0 Å². The van der Waals surface area contributed by atoms with Gasteiger partial charge in [0.05, 0.1) is 0 Å². The van der Waals surface area contributed by atoms with Crippen LogP contribution in [0.3, 0.4) is 0 Å². The van der Waals surface area contributed by atoms with Gasteiger partial charge in [-0.3, -0.25) is 0 Å². The molecule has 0 amide bonds. The van der Waals surface area contributed by atoms with Crippen molar-refractivity contribution in [1.82, 2.24) is 0 Å². The summed E-state index contributed by atoms with van der Waals surface area (Å²) in [5.41, 5.74) is 7.68. The lowest BCUT2D eigenvalue weighted by molar-refractivity contribution is -0.0467. The molecule has 1 atom stereocenters. The SMILES string of the molecule is NCC(c1ccsc1)C1C2CC3CC(C2)CC1C3. The summed E-state index contributed by atoms with van der Waals surface area (Å²) in [7, 11) is 0. The highest BCUT2D eigenvalue weighted by atomic mass is 32.1. The first-order valence-corrected chi connectivity index (χ1v) is 8.51. The van der Waals surface area contributed by atoms with E-state index >= 15 is 0 Å². The summed E-state index contributed by atoms with van der Waals surface area (Å²) in [5, 5.41) is 4.55. The molecular weight excluding hydrogens is 238 g/mol. The van der Waals surface area contributed by atoms with E-state index in [1.165, 1.54) is 31.2 Å². The smallest absolute Gasteiger partial charge is 0.000298 e. The van der Waals surface area contributed by atoms with Crippen molar-refractivity contribution >= 4 is 11.3 Å². The third kappa shape index (κ3) is 1.69. The van der Waals surface area contributed by atoms with Crippen LogP contribution in [0, 0.1) is 29.6 Å². The lowest BCUT2D eigenvalue weighted by Crippen LogP contribution is -2.48. The van der Waals surface area contributed by atoms with E-state index in [0.717, 1.165) is 36.1 Å². The molecule has 0 radical (unpaired) electrons. The van der Waals surface area contributed by atoms with Gasteiger partial charge >= 0.3 is 0 Å². The Kier molecular flexibility index (Phi) is 2.77. The van der Waals surface area contributed by atoms with Crippen molar-refractivity contribution in [3.63, 3.8) is 0 Å². The Balaban J connectivity index is 1.64. The van der Waals surface area contributed by atoms with Crippen LogP contribution >= 0.6 is 11.3 Å². The van der Waals surface area contributed by atoms with Crippen molar-refractivity contribution < 1.29 is 0 Å². The van der Waals surface area contributed by atoms with Crippen LogP contribution in [0.5, 0.6) is 0 Å². The average molecular weight is 261 g/mol. The van der Waals surface area contributed by atoms with E-state index in [9.17, 15) is 0 Å². The fourth-order valence-corrected chi connectivity index (χ4v) is 6.35. The van der Waals surface area contributed by atoms with Crippen LogP contribution < -0.4 is 5.73 Å². The summed E-state index contributed by atoms with van der Waals surface area (Å²) in [6.07, 6.45) is 7.60. The molecule has 18 heavy (non-hydrogen) atoms. The van der Waals surface area contributed by atoms with Gasteiger partial charge in [-0.05, 0) is 90.6 Å². The minimum Gasteiger partial charge on any atom is -0.330 e. The van der Waals surface area contributed by atoms with Crippen LogP contribution in [0.25, 0.3) is 0 Å². The highest BCUT2D eigenvalue weighted by Gasteiger charge is 2.50. The minimum absolute atomic E-state index is 0.645. The largest absolute Gasteiger partial charge is 0.330 e. The number of nitrogens with two attached hydrogens (primary N) is 1. The maximum atomic E-state index is 6.15. The average Bonchev–Trinajstić information content (AvgIpc) is 2.86. The van der Waals surface area contributed by atoms with Gasteiger partial charge < -0.3 is 5.73 Å². The second-order valence-electron chi connectivity index (χ2n) is 6.91. The molecular formula is C16H23NS. The zero-order valence-corrected chi connectivity index (χ0v) is 11.7. The van der Waals surface area contributed by atoms with Crippen LogP contribution in [-0.2, 0) is 0 Å². The van der Waals surface area contributed by atoms with Crippen molar-refractivity contribution in [1.29, 1.82) is 0 Å². The van der Waals surface area contributed by atoms with Gasteiger partial charge in [0, 0.05) is 5.92 Å². The molecule has 4 saturated carbocycles. The van der Waals surface area contributed by atoms with E-state index in [0.29, 0.717) is 5.92 Å². The Hall–Kier alpha value is -0.340. The minimum atomic E-state index is 0.645. The quantitative estimate of drug-likeness (QED) is 0.878. The summed E-state index contributed by atoms with van der Waals surface area (Å²) in [4.78, 5) is 0. The predicted octanol–water partition coefficient (Wildman–Crippen LogP) is 3.86. The topological polar surface area (TPSA) is 26.0 Å². The first-order valence-electron chi connectivity index (χ1n) is 7.57. The first kappa shape index (κ1) is 11.5. The molecule has 0 spiro atoms.